The van der Waals surface area contributed by atoms with Crippen LogP contribution in [0.25, 0.3) is 44.1 Å². The molecule has 1 aromatic heterocycles. The van der Waals surface area contributed by atoms with Crippen LogP contribution < -0.4 is 9.80 Å². The minimum absolute atomic E-state index is 0.590. The quantitative estimate of drug-likeness (QED) is 0.178. The molecule has 3 heterocycles. The molecule has 0 radical (unpaired) electrons. The van der Waals surface area contributed by atoms with Crippen molar-refractivity contribution in [3.63, 3.8) is 0 Å². The van der Waals surface area contributed by atoms with Gasteiger partial charge in [0.2, 0.25) is 5.95 Å². The van der Waals surface area contributed by atoms with E-state index in [1.807, 2.05) is 11.8 Å². The summed E-state index contributed by atoms with van der Waals surface area (Å²) in [5.74, 6) is 0.650. The van der Waals surface area contributed by atoms with Gasteiger partial charge in [-0.15, -0.1) is 0 Å². The highest BCUT2D eigenvalue weighted by molar-refractivity contribution is 7.99. The van der Waals surface area contributed by atoms with Gasteiger partial charge < -0.3 is 4.90 Å². The van der Waals surface area contributed by atoms with Gasteiger partial charge in [-0.2, -0.15) is 0 Å². The number of benzene rings is 9. The molecule has 1 spiro atoms. The second-order valence-corrected chi connectivity index (χ2v) is 16.8. The molecular formula is C55H34N4S. The summed E-state index contributed by atoms with van der Waals surface area (Å²) in [6, 6.07) is 74.9. The van der Waals surface area contributed by atoms with Gasteiger partial charge in [-0.3, -0.25) is 4.90 Å². The maximum Gasteiger partial charge on any atom is 0.235 e. The van der Waals surface area contributed by atoms with Gasteiger partial charge in [0.1, 0.15) is 0 Å². The molecule has 3 aliphatic rings. The zero-order valence-corrected chi connectivity index (χ0v) is 33.1. The summed E-state index contributed by atoms with van der Waals surface area (Å²) in [7, 11) is 0. The first kappa shape index (κ1) is 33.5. The summed E-state index contributed by atoms with van der Waals surface area (Å²) >= 11 is 1.83. The van der Waals surface area contributed by atoms with Crippen LogP contribution in [0, 0.1) is 0 Å². The predicted octanol–water partition coefficient (Wildman–Crippen LogP) is 14.5. The molecule has 0 unspecified atom stereocenters. The third-order valence-corrected chi connectivity index (χ3v) is 13.7. The van der Waals surface area contributed by atoms with E-state index in [4.69, 9.17) is 9.97 Å². The van der Waals surface area contributed by atoms with E-state index in [1.54, 1.807) is 0 Å². The van der Waals surface area contributed by atoms with Crippen molar-refractivity contribution in [3.05, 3.63) is 229 Å². The number of rotatable bonds is 3. The van der Waals surface area contributed by atoms with Crippen LogP contribution in [0.2, 0.25) is 0 Å². The van der Waals surface area contributed by atoms with Crippen LogP contribution in [0.4, 0.5) is 34.4 Å². The molecule has 0 bridgehead atoms. The van der Waals surface area contributed by atoms with Crippen LogP contribution in [-0.2, 0) is 5.41 Å². The summed E-state index contributed by atoms with van der Waals surface area (Å²) in [5, 5.41) is 3.41. The number of anilines is 6. The average molecular weight is 783 g/mol. The minimum atomic E-state index is -0.590. The Kier molecular flexibility index (Phi) is 7.13. The van der Waals surface area contributed by atoms with Gasteiger partial charge in [0, 0.05) is 32.0 Å². The topological polar surface area (TPSA) is 32.3 Å². The monoisotopic (exact) mass is 782 g/mol. The summed E-state index contributed by atoms with van der Waals surface area (Å²) in [6.07, 6.45) is 0. The van der Waals surface area contributed by atoms with Crippen molar-refractivity contribution in [2.45, 2.75) is 15.2 Å². The van der Waals surface area contributed by atoms with Gasteiger partial charge in [-0.25, -0.2) is 9.97 Å². The maximum atomic E-state index is 5.60. The molecule has 280 valence electrons. The molecule has 2 aliphatic heterocycles. The van der Waals surface area contributed by atoms with Crippen LogP contribution in [0.5, 0.6) is 0 Å². The molecule has 0 fully saturated rings. The Bertz CT molecular complexity index is 3350. The normalized spacial score (nSPS) is 14.0. The van der Waals surface area contributed by atoms with E-state index in [0.717, 1.165) is 39.2 Å². The van der Waals surface area contributed by atoms with Crippen molar-refractivity contribution in [2.75, 3.05) is 9.80 Å². The lowest BCUT2D eigenvalue weighted by Crippen LogP contribution is -2.36. The van der Waals surface area contributed by atoms with E-state index in [9.17, 15) is 0 Å². The number of hydrogen-bond acceptors (Lipinski definition) is 5. The fourth-order valence-corrected chi connectivity index (χ4v) is 11.3. The second-order valence-electron chi connectivity index (χ2n) is 15.7. The van der Waals surface area contributed by atoms with E-state index in [1.165, 1.54) is 65.3 Å². The molecule has 0 N–H and O–H groups in total. The predicted molar refractivity (Wildman–Crippen MR) is 247 cm³/mol. The third kappa shape index (κ3) is 4.58. The van der Waals surface area contributed by atoms with E-state index in [-0.39, 0.29) is 0 Å². The Balaban J connectivity index is 1.12. The Labute approximate surface area is 352 Å². The van der Waals surface area contributed by atoms with E-state index >= 15 is 0 Å². The van der Waals surface area contributed by atoms with Gasteiger partial charge >= 0.3 is 0 Å². The minimum Gasteiger partial charge on any atom is -0.310 e. The van der Waals surface area contributed by atoms with Gasteiger partial charge in [0.15, 0.2) is 0 Å². The van der Waals surface area contributed by atoms with Gasteiger partial charge in [0.05, 0.1) is 39.4 Å². The smallest absolute Gasteiger partial charge is 0.235 e. The number of para-hydroxylation sites is 5. The standard InChI is InChI=1S/C55H34N4S/c1-2-18-38(19-3-1)58-46-26-12-9-23-42(46)55(43-24-10-13-27-47(43)58)41-22-8-6-20-39(41)51-44(55)32-33-50-53(51)59(48-28-14-15-29-49(48)60-50)54-56-45-25-11-7-21-40(45)52(57-54)37-31-30-35-16-4-5-17-36(35)34-37/h1-34H. The largest absolute Gasteiger partial charge is 0.310 e. The Hall–Kier alpha value is -7.47. The van der Waals surface area contributed by atoms with Crippen molar-refractivity contribution in [2.24, 2.45) is 0 Å². The van der Waals surface area contributed by atoms with E-state index in [0.29, 0.717) is 5.95 Å². The Morgan fingerprint density at radius 2 is 1.08 bits per heavy atom. The molecule has 60 heavy (non-hydrogen) atoms. The molecule has 0 saturated heterocycles. The van der Waals surface area contributed by atoms with Gasteiger partial charge in [0.25, 0.3) is 0 Å². The number of fused-ring (bicyclic) bond motifs is 14. The molecule has 13 rings (SSSR count). The lowest BCUT2D eigenvalue weighted by molar-refractivity contribution is 0.752. The molecule has 9 aromatic carbocycles. The van der Waals surface area contributed by atoms with Crippen LogP contribution in [-0.4, -0.2) is 9.97 Å². The molecule has 0 atom stereocenters. The molecule has 4 nitrogen and oxygen atoms in total. The molecule has 5 heteroatoms. The fraction of sp³-hybridized carbons (Fsp3) is 0.0182. The fourth-order valence-electron chi connectivity index (χ4n) is 10.2. The second kappa shape index (κ2) is 12.8. The van der Waals surface area contributed by atoms with E-state index in [2.05, 4.69) is 216 Å². The zero-order valence-electron chi connectivity index (χ0n) is 32.3. The Morgan fingerprint density at radius 1 is 0.433 bits per heavy atom. The van der Waals surface area contributed by atoms with Crippen LogP contribution in [0.1, 0.15) is 22.3 Å². The highest BCUT2D eigenvalue weighted by atomic mass is 32.2. The summed E-state index contributed by atoms with van der Waals surface area (Å²) in [6.45, 7) is 0. The van der Waals surface area contributed by atoms with Gasteiger partial charge in [-0.05, 0) is 93.2 Å². The highest BCUT2D eigenvalue weighted by Crippen LogP contribution is 2.67. The lowest BCUT2D eigenvalue weighted by atomic mass is 9.64. The third-order valence-electron chi connectivity index (χ3n) is 12.6. The van der Waals surface area contributed by atoms with Gasteiger partial charge in [-0.1, -0.05) is 163 Å². The van der Waals surface area contributed by atoms with Crippen molar-refractivity contribution in [1.29, 1.82) is 0 Å². The highest BCUT2D eigenvalue weighted by Gasteiger charge is 2.53. The van der Waals surface area contributed by atoms with E-state index < -0.39 is 5.41 Å². The van der Waals surface area contributed by atoms with Crippen molar-refractivity contribution >= 4 is 67.8 Å². The molecule has 0 saturated carbocycles. The average Bonchev–Trinajstić information content (AvgIpc) is 3.61. The lowest BCUT2D eigenvalue weighted by Gasteiger charge is -2.45. The van der Waals surface area contributed by atoms with Crippen LogP contribution >= 0.6 is 11.8 Å². The Morgan fingerprint density at radius 3 is 1.90 bits per heavy atom. The number of hydrogen-bond donors (Lipinski definition) is 0. The number of aromatic nitrogens is 2. The number of nitrogens with zero attached hydrogens (tertiary/aromatic N) is 4. The summed E-state index contributed by atoms with van der Waals surface area (Å²) in [4.78, 5) is 18.2. The maximum absolute atomic E-state index is 5.60. The van der Waals surface area contributed by atoms with Crippen LogP contribution in [0.3, 0.4) is 0 Å². The molecule has 1 aliphatic carbocycles. The molecular weight excluding hydrogens is 749 g/mol. The van der Waals surface area contributed by atoms with Crippen molar-refractivity contribution < 1.29 is 0 Å². The zero-order chi connectivity index (χ0) is 39.4. The first-order valence-electron chi connectivity index (χ1n) is 20.4. The first-order chi connectivity index (χ1) is 29.8. The molecule has 0 amide bonds. The SMILES string of the molecule is c1ccc(N2c3ccccc3C3(c4ccccc4-c4c3ccc3c4N(c4nc(-c5ccc6ccccc6c5)c5ccccc5n4)c4ccccc4S3)c3ccccc32)cc1. The van der Waals surface area contributed by atoms with Crippen molar-refractivity contribution in [3.8, 4) is 22.4 Å². The molecule has 10 aromatic rings. The van der Waals surface area contributed by atoms with Crippen LogP contribution in [0.15, 0.2) is 216 Å². The first-order valence-corrected chi connectivity index (χ1v) is 21.2. The van der Waals surface area contributed by atoms with Crippen molar-refractivity contribution in [1.82, 2.24) is 9.97 Å². The summed E-state index contributed by atoms with van der Waals surface area (Å²) < 4.78 is 0. The summed E-state index contributed by atoms with van der Waals surface area (Å²) in [5.41, 5.74) is 15.5.